The van der Waals surface area contributed by atoms with Crippen LogP contribution in [0.25, 0.3) is 0 Å². The molecule has 110 valence electrons. The predicted molar refractivity (Wildman–Crippen MR) is 83.4 cm³/mol. The minimum atomic E-state index is 0.714. The maximum atomic E-state index is 4.77. The summed E-state index contributed by atoms with van der Waals surface area (Å²) in [4.78, 5) is 11.9. The highest BCUT2D eigenvalue weighted by Crippen LogP contribution is 2.40. The third-order valence-corrected chi connectivity index (χ3v) is 4.84. The van der Waals surface area contributed by atoms with Crippen molar-refractivity contribution in [3.8, 4) is 0 Å². The highest BCUT2D eigenvalue weighted by molar-refractivity contribution is 5.59. The molecule has 3 rings (SSSR count). The largest absolute Gasteiger partial charge is 0.370 e. The number of hydrogen-bond acceptors (Lipinski definition) is 4. The minimum absolute atomic E-state index is 0.714. The molecule has 0 spiro atoms. The van der Waals surface area contributed by atoms with Gasteiger partial charge in [0.15, 0.2) is 0 Å². The van der Waals surface area contributed by atoms with Crippen LogP contribution in [0.5, 0.6) is 0 Å². The van der Waals surface area contributed by atoms with Crippen LogP contribution in [-0.4, -0.2) is 29.1 Å². The van der Waals surface area contributed by atoms with E-state index in [2.05, 4.69) is 29.0 Å². The van der Waals surface area contributed by atoms with Gasteiger partial charge in [-0.15, -0.1) is 0 Å². The van der Waals surface area contributed by atoms with Crippen LogP contribution in [0.2, 0.25) is 0 Å². The molecular formula is C16H26N4. The molecule has 1 saturated heterocycles. The first-order chi connectivity index (χ1) is 9.70. The summed E-state index contributed by atoms with van der Waals surface area (Å²) in [5.74, 6) is 3.95. The van der Waals surface area contributed by atoms with Crippen LogP contribution in [-0.2, 0) is 0 Å². The third-order valence-electron chi connectivity index (χ3n) is 4.84. The predicted octanol–water partition coefficient (Wildman–Crippen LogP) is 3.29. The van der Waals surface area contributed by atoms with E-state index >= 15 is 0 Å². The molecule has 2 unspecified atom stereocenters. The van der Waals surface area contributed by atoms with Gasteiger partial charge in [0.1, 0.15) is 17.5 Å². The Hall–Kier alpha value is -1.32. The summed E-state index contributed by atoms with van der Waals surface area (Å²) in [6.07, 6.45) is 6.84. The van der Waals surface area contributed by atoms with Gasteiger partial charge >= 0.3 is 0 Å². The monoisotopic (exact) mass is 274 g/mol. The molecule has 0 aromatic carbocycles. The smallest absolute Gasteiger partial charge is 0.137 e. The van der Waals surface area contributed by atoms with Crippen molar-refractivity contribution < 1.29 is 0 Å². The first kappa shape index (κ1) is 13.7. The molecular weight excluding hydrogens is 248 g/mol. The quantitative estimate of drug-likeness (QED) is 0.918. The molecule has 1 aliphatic heterocycles. The van der Waals surface area contributed by atoms with Crippen molar-refractivity contribution >= 4 is 11.6 Å². The molecule has 2 heterocycles. The van der Waals surface area contributed by atoms with Crippen molar-refractivity contribution in [2.45, 2.75) is 58.9 Å². The zero-order valence-corrected chi connectivity index (χ0v) is 12.9. The summed E-state index contributed by atoms with van der Waals surface area (Å²) >= 11 is 0. The van der Waals surface area contributed by atoms with Gasteiger partial charge in [0.25, 0.3) is 0 Å². The summed E-state index contributed by atoms with van der Waals surface area (Å²) < 4.78 is 0. The first-order valence-corrected chi connectivity index (χ1v) is 8.06. The zero-order valence-electron chi connectivity index (χ0n) is 12.9. The molecule has 20 heavy (non-hydrogen) atoms. The van der Waals surface area contributed by atoms with Crippen molar-refractivity contribution in [3.63, 3.8) is 0 Å². The van der Waals surface area contributed by atoms with Gasteiger partial charge in [-0.1, -0.05) is 6.42 Å². The Bertz CT molecular complexity index is 486. The number of aromatic nitrogens is 2. The Balaban J connectivity index is 1.96. The Morgan fingerprint density at radius 1 is 1.15 bits per heavy atom. The van der Waals surface area contributed by atoms with E-state index in [1.165, 1.54) is 43.5 Å². The van der Waals surface area contributed by atoms with Gasteiger partial charge < -0.3 is 10.2 Å². The van der Waals surface area contributed by atoms with E-state index in [0.29, 0.717) is 6.04 Å². The van der Waals surface area contributed by atoms with Gasteiger partial charge in [-0.3, -0.25) is 0 Å². The number of nitrogens with one attached hydrogen (secondary N) is 1. The number of anilines is 2. The van der Waals surface area contributed by atoms with Crippen LogP contribution in [0.4, 0.5) is 11.6 Å². The topological polar surface area (TPSA) is 41.1 Å². The average Bonchev–Trinajstić information content (AvgIpc) is 2.91. The van der Waals surface area contributed by atoms with Crippen molar-refractivity contribution in [2.75, 3.05) is 23.3 Å². The van der Waals surface area contributed by atoms with E-state index < -0.39 is 0 Å². The number of rotatable bonds is 3. The molecule has 0 radical (unpaired) electrons. The lowest BCUT2D eigenvalue weighted by Crippen LogP contribution is -2.43. The molecule has 0 amide bonds. The lowest BCUT2D eigenvalue weighted by Gasteiger charge is -2.39. The summed E-state index contributed by atoms with van der Waals surface area (Å²) in [6.45, 7) is 8.34. The molecule has 1 N–H and O–H groups in total. The lowest BCUT2D eigenvalue weighted by atomic mass is 9.91. The van der Waals surface area contributed by atoms with E-state index in [4.69, 9.17) is 4.98 Å². The second-order valence-electron chi connectivity index (χ2n) is 6.19. The van der Waals surface area contributed by atoms with E-state index in [1.807, 2.05) is 6.92 Å². The molecule has 2 aliphatic rings. The molecule has 2 fully saturated rings. The van der Waals surface area contributed by atoms with Gasteiger partial charge in [-0.25, -0.2) is 9.97 Å². The molecule has 0 bridgehead atoms. The number of hydrogen-bond donors (Lipinski definition) is 1. The van der Waals surface area contributed by atoms with E-state index in [0.717, 1.165) is 30.6 Å². The normalized spacial score (nSPS) is 25.6. The molecule has 1 saturated carbocycles. The van der Waals surface area contributed by atoms with Crippen LogP contribution in [0.3, 0.4) is 0 Å². The molecule has 1 aliphatic carbocycles. The van der Waals surface area contributed by atoms with Crippen LogP contribution < -0.4 is 10.2 Å². The fourth-order valence-corrected chi connectivity index (χ4v) is 3.95. The number of piperidine rings is 1. The average molecular weight is 274 g/mol. The van der Waals surface area contributed by atoms with E-state index in [1.54, 1.807) is 0 Å². The Morgan fingerprint density at radius 2 is 1.95 bits per heavy atom. The third kappa shape index (κ3) is 2.36. The second-order valence-corrected chi connectivity index (χ2v) is 6.19. The molecule has 1 aromatic rings. The summed E-state index contributed by atoms with van der Waals surface area (Å²) in [6, 6.07) is 0.714. The number of aryl methyl sites for hydroxylation is 1. The molecule has 1 aromatic heterocycles. The highest BCUT2D eigenvalue weighted by atomic mass is 15.2. The zero-order chi connectivity index (χ0) is 14.1. The SMILES string of the molecule is CCNc1nc(C)nc(N2CCCC3CCCC32)c1C. The fraction of sp³-hybridized carbons (Fsp3) is 0.750. The lowest BCUT2D eigenvalue weighted by molar-refractivity contribution is 0.360. The van der Waals surface area contributed by atoms with Crippen LogP contribution in [0.1, 0.15) is 50.4 Å². The van der Waals surface area contributed by atoms with Gasteiger partial charge in [0, 0.05) is 24.7 Å². The van der Waals surface area contributed by atoms with E-state index in [-0.39, 0.29) is 0 Å². The van der Waals surface area contributed by atoms with Crippen molar-refractivity contribution in [1.82, 2.24) is 9.97 Å². The first-order valence-electron chi connectivity index (χ1n) is 8.06. The van der Waals surface area contributed by atoms with Crippen molar-refractivity contribution in [2.24, 2.45) is 5.92 Å². The number of fused-ring (bicyclic) bond motifs is 1. The summed E-state index contributed by atoms with van der Waals surface area (Å²) in [5, 5.41) is 3.38. The van der Waals surface area contributed by atoms with Gasteiger partial charge in [0.2, 0.25) is 0 Å². The summed E-state index contributed by atoms with van der Waals surface area (Å²) in [5.41, 5.74) is 1.21. The van der Waals surface area contributed by atoms with Crippen LogP contribution in [0.15, 0.2) is 0 Å². The Kier molecular flexibility index (Phi) is 3.81. The highest BCUT2D eigenvalue weighted by Gasteiger charge is 2.36. The Morgan fingerprint density at radius 3 is 2.75 bits per heavy atom. The standard InChI is InChI=1S/C16H26N4/c1-4-17-15-11(2)16(19-12(3)18-15)20-10-6-8-13-7-5-9-14(13)20/h13-14H,4-10H2,1-3H3,(H,17,18,19). The maximum Gasteiger partial charge on any atom is 0.137 e. The number of nitrogens with zero attached hydrogens (tertiary/aromatic N) is 3. The summed E-state index contributed by atoms with van der Waals surface area (Å²) in [7, 11) is 0. The van der Waals surface area contributed by atoms with Crippen LogP contribution >= 0.6 is 0 Å². The van der Waals surface area contributed by atoms with Gasteiger partial charge in [0.05, 0.1) is 0 Å². The van der Waals surface area contributed by atoms with E-state index in [9.17, 15) is 0 Å². The van der Waals surface area contributed by atoms with Crippen LogP contribution in [0, 0.1) is 19.8 Å². The molecule has 4 nitrogen and oxygen atoms in total. The molecule has 2 atom stereocenters. The van der Waals surface area contributed by atoms with Gasteiger partial charge in [-0.2, -0.15) is 0 Å². The second kappa shape index (κ2) is 5.58. The Labute approximate surface area is 122 Å². The van der Waals surface area contributed by atoms with Crippen molar-refractivity contribution in [1.29, 1.82) is 0 Å². The minimum Gasteiger partial charge on any atom is -0.370 e. The molecule has 4 heteroatoms. The fourth-order valence-electron chi connectivity index (χ4n) is 3.95. The van der Waals surface area contributed by atoms with Crippen molar-refractivity contribution in [3.05, 3.63) is 11.4 Å². The van der Waals surface area contributed by atoms with Gasteiger partial charge in [-0.05, 0) is 52.4 Å². The maximum absolute atomic E-state index is 4.77.